The normalized spacial score (nSPS) is 12.4. The Kier molecular flexibility index (Phi) is 3.39. The van der Waals surface area contributed by atoms with Crippen LogP contribution in [0.25, 0.3) is 0 Å². The van der Waals surface area contributed by atoms with Gasteiger partial charge in [-0.05, 0) is 24.6 Å². The average molecular weight is 233 g/mol. The SMILES string of the molecule is COc1ccc(C(C)O)cc1Cn1cncn1. The number of hydrogen-bond donors (Lipinski definition) is 1. The van der Waals surface area contributed by atoms with Gasteiger partial charge in [0.15, 0.2) is 0 Å². The Morgan fingerprint density at radius 2 is 2.29 bits per heavy atom. The van der Waals surface area contributed by atoms with Gasteiger partial charge in [0.05, 0.1) is 19.8 Å². The van der Waals surface area contributed by atoms with Crippen molar-refractivity contribution >= 4 is 0 Å². The van der Waals surface area contributed by atoms with Crippen LogP contribution in [0.1, 0.15) is 24.2 Å². The summed E-state index contributed by atoms with van der Waals surface area (Å²) in [7, 11) is 1.63. The Morgan fingerprint density at radius 3 is 2.88 bits per heavy atom. The Hall–Kier alpha value is -1.88. The highest BCUT2D eigenvalue weighted by Gasteiger charge is 2.08. The molecule has 17 heavy (non-hydrogen) atoms. The molecule has 0 fully saturated rings. The van der Waals surface area contributed by atoms with Crippen LogP contribution in [0, 0.1) is 0 Å². The summed E-state index contributed by atoms with van der Waals surface area (Å²) in [6.07, 6.45) is 2.65. The third-order valence-corrected chi connectivity index (χ3v) is 2.59. The van der Waals surface area contributed by atoms with E-state index in [4.69, 9.17) is 4.74 Å². The summed E-state index contributed by atoms with van der Waals surface area (Å²) >= 11 is 0. The van der Waals surface area contributed by atoms with E-state index in [1.165, 1.54) is 6.33 Å². The second-order valence-corrected chi connectivity index (χ2v) is 3.84. The van der Waals surface area contributed by atoms with Crippen LogP contribution in [-0.4, -0.2) is 27.0 Å². The Morgan fingerprint density at radius 1 is 1.47 bits per heavy atom. The number of rotatable bonds is 4. The lowest BCUT2D eigenvalue weighted by atomic mass is 10.1. The van der Waals surface area contributed by atoms with Gasteiger partial charge in [-0.25, -0.2) is 9.67 Å². The van der Waals surface area contributed by atoms with Crippen molar-refractivity contribution in [3.63, 3.8) is 0 Å². The van der Waals surface area contributed by atoms with E-state index < -0.39 is 6.10 Å². The lowest BCUT2D eigenvalue weighted by Gasteiger charge is -2.12. The molecule has 1 aromatic carbocycles. The molecule has 5 nitrogen and oxygen atoms in total. The summed E-state index contributed by atoms with van der Waals surface area (Å²) in [4.78, 5) is 3.89. The van der Waals surface area contributed by atoms with E-state index in [1.54, 1.807) is 25.0 Å². The number of nitrogens with zero attached hydrogens (tertiary/aromatic N) is 3. The molecule has 0 amide bonds. The molecule has 90 valence electrons. The van der Waals surface area contributed by atoms with Gasteiger partial charge in [-0.2, -0.15) is 5.10 Å². The lowest BCUT2D eigenvalue weighted by Crippen LogP contribution is -2.04. The number of aliphatic hydroxyl groups excluding tert-OH is 1. The van der Waals surface area contributed by atoms with E-state index in [-0.39, 0.29) is 0 Å². The zero-order valence-electron chi connectivity index (χ0n) is 9.87. The minimum Gasteiger partial charge on any atom is -0.496 e. The second-order valence-electron chi connectivity index (χ2n) is 3.84. The molecule has 2 rings (SSSR count). The van der Waals surface area contributed by atoms with Crippen LogP contribution in [0.15, 0.2) is 30.9 Å². The minimum absolute atomic E-state index is 0.490. The van der Waals surface area contributed by atoms with Crippen molar-refractivity contribution in [2.75, 3.05) is 7.11 Å². The van der Waals surface area contributed by atoms with Gasteiger partial charge in [-0.1, -0.05) is 6.07 Å². The highest BCUT2D eigenvalue weighted by Crippen LogP contribution is 2.23. The first-order valence-corrected chi connectivity index (χ1v) is 5.38. The van der Waals surface area contributed by atoms with Gasteiger partial charge in [0.25, 0.3) is 0 Å². The first-order valence-electron chi connectivity index (χ1n) is 5.38. The van der Waals surface area contributed by atoms with Gasteiger partial charge >= 0.3 is 0 Å². The largest absolute Gasteiger partial charge is 0.496 e. The van der Waals surface area contributed by atoms with Crippen LogP contribution in [0.3, 0.4) is 0 Å². The molecule has 0 radical (unpaired) electrons. The lowest BCUT2D eigenvalue weighted by molar-refractivity contribution is 0.199. The summed E-state index contributed by atoms with van der Waals surface area (Å²) < 4.78 is 7.00. The van der Waals surface area contributed by atoms with Gasteiger partial charge in [-0.15, -0.1) is 0 Å². The Balaban J connectivity index is 2.32. The molecule has 0 aliphatic carbocycles. The van der Waals surface area contributed by atoms with Crippen LogP contribution >= 0.6 is 0 Å². The zero-order valence-corrected chi connectivity index (χ0v) is 9.87. The minimum atomic E-state index is -0.490. The molecular formula is C12H15N3O2. The first-order chi connectivity index (χ1) is 8.20. The van der Waals surface area contributed by atoms with Gasteiger partial charge in [0.1, 0.15) is 18.4 Å². The van der Waals surface area contributed by atoms with Crippen molar-refractivity contribution in [2.45, 2.75) is 19.6 Å². The van der Waals surface area contributed by atoms with Crippen molar-refractivity contribution in [1.82, 2.24) is 14.8 Å². The molecule has 0 saturated heterocycles. The van der Waals surface area contributed by atoms with E-state index in [9.17, 15) is 5.11 Å². The fraction of sp³-hybridized carbons (Fsp3) is 0.333. The number of aromatic nitrogens is 3. The number of benzene rings is 1. The fourth-order valence-electron chi connectivity index (χ4n) is 1.67. The van der Waals surface area contributed by atoms with Crippen molar-refractivity contribution in [3.05, 3.63) is 42.0 Å². The molecule has 1 N–H and O–H groups in total. The Bertz CT molecular complexity index is 481. The van der Waals surface area contributed by atoms with Gasteiger partial charge in [0, 0.05) is 5.56 Å². The smallest absolute Gasteiger partial charge is 0.137 e. The number of aliphatic hydroxyl groups is 1. The van der Waals surface area contributed by atoms with Crippen LogP contribution in [0.4, 0.5) is 0 Å². The quantitative estimate of drug-likeness (QED) is 0.866. The molecule has 1 aromatic heterocycles. The number of ether oxygens (including phenoxy) is 1. The first kappa shape index (κ1) is 11.6. The summed E-state index contributed by atoms with van der Waals surface area (Å²) in [5.74, 6) is 0.782. The third-order valence-electron chi connectivity index (χ3n) is 2.59. The number of methoxy groups -OCH3 is 1. The average Bonchev–Trinajstić information content (AvgIpc) is 2.81. The highest BCUT2D eigenvalue weighted by atomic mass is 16.5. The summed E-state index contributed by atoms with van der Waals surface area (Å²) in [5, 5.41) is 13.6. The van der Waals surface area contributed by atoms with Crippen molar-refractivity contribution in [1.29, 1.82) is 0 Å². The monoisotopic (exact) mass is 233 g/mol. The summed E-state index contributed by atoms with van der Waals surface area (Å²) in [6.45, 7) is 2.31. The van der Waals surface area contributed by atoms with Gasteiger partial charge in [-0.3, -0.25) is 0 Å². The van der Waals surface area contributed by atoms with Crippen LogP contribution < -0.4 is 4.74 Å². The van der Waals surface area contributed by atoms with E-state index >= 15 is 0 Å². The molecule has 1 unspecified atom stereocenters. The maximum absolute atomic E-state index is 9.56. The molecule has 0 spiro atoms. The number of hydrogen-bond acceptors (Lipinski definition) is 4. The fourth-order valence-corrected chi connectivity index (χ4v) is 1.67. The molecule has 5 heteroatoms. The molecular weight excluding hydrogens is 218 g/mol. The molecule has 0 aliphatic heterocycles. The van der Waals surface area contributed by atoms with Crippen LogP contribution in [-0.2, 0) is 6.54 Å². The van der Waals surface area contributed by atoms with E-state index in [2.05, 4.69) is 10.1 Å². The van der Waals surface area contributed by atoms with Crippen LogP contribution in [0.2, 0.25) is 0 Å². The molecule has 0 bridgehead atoms. The van der Waals surface area contributed by atoms with Crippen molar-refractivity contribution < 1.29 is 9.84 Å². The summed E-state index contributed by atoms with van der Waals surface area (Å²) in [5.41, 5.74) is 1.83. The molecule has 1 atom stereocenters. The molecule has 0 saturated carbocycles. The van der Waals surface area contributed by atoms with E-state index in [0.29, 0.717) is 6.54 Å². The van der Waals surface area contributed by atoms with Crippen molar-refractivity contribution in [3.8, 4) is 5.75 Å². The standard InChI is InChI=1S/C12H15N3O2/c1-9(16)10-3-4-12(17-2)11(5-10)6-15-8-13-7-14-15/h3-5,7-9,16H,6H2,1-2H3. The third kappa shape index (κ3) is 2.62. The van der Waals surface area contributed by atoms with E-state index in [1.807, 2.05) is 18.2 Å². The zero-order chi connectivity index (χ0) is 12.3. The maximum atomic E-state index is 9.56. The van der Waals surface area contributed by atoms with Crippen molar-refractivity contribution in [2.24, 2.45) is 0 Å². The van der Waals surface area contributed by atoms with E-state index in [0.717, 1.165) is 16.9 Å². The van der Waals surface area contributed by atoms with Gasteiger partial charge in [0.2, 0.25) is 0 Å². The molecule has 2 aromatic rings. The molecule has 1 heterocycles. The highest BCUT2D eigenvalue weighted by molar-refractivity contribution is 5.38. The molecule has 0 aliphatic rings. The van der Waals surface area contributed by atoms with Crippen LogP contribution in [0.5, 0.6) is 5.75 Å². The van der Waals surface area contributed by atoms with Gasteiger partial charge < -0.3 is 9.84 Å². The summed E-state index contributed by atoms with van der Waals surface area (Å²) in [6, 6.07) is 5.63. The maximum Gasteiger partial charge on any atom is 0.137 e. The predicted octanol–water partition coefficient (Wildman–Crippen LogP) is 1.39. The Labute approximate surface area is 99.7 Å². The predicted molar refractivity (Wildman–Crippen MR) is 62.8 cm³/mol. The topological polar surface area (TPSA) is 60.2 Å². The second kappa shape index (κ2) is 4.97.